The number of nitro groups is 1. The van der Waals surface area contributed by atoms with E-state index < -0.39 is 45.8 Å². The van der Waals surface area contributed by atoms with Crippen LogP contribution in [0, 0.1) is 21.7 Å². The number of carbonyl (C=O) groups is 2. The summed E-state index contributed by atoms with van der Waals surface area (Å²) in [7, 11) is 0. The van der Waals surface area contributed by atoms with Crippen LogP contribution in [0.4, 0.5) is 14.5 Å². The van der Waals surface area contributed by atoms with Crippen LogP contribution in [-0.4, -0.2) is 39.7 Å². The highest BCUT2D eigenvalue weighted by atomic mass is 19.1. The molecule has 0 spiro atoms. The molecule has 0 aliphatic heterocycles. The molecule has 0 fully saturated rings. The number of carboxylic acids is 1. The molecule has 114 valence electrons. The van der Waals surface area contributed by atoms with E-state index in [1.54, 1.807) is 0 Å². The topological polar surface area (TPSA) is 130 Å². The summed E-state index contributed by atoms with van der Waals surface area (Å²) in [6.07, 6.45) is -2.05. The summed E-state index contributed by atoms with van der Waals surface area (Å²) in [5, 5.41) is 29.9. The highest BCUT2D eigenvalue weighted by Gasteiger charge is 2.22. The lowest BCUT2D eigenvalue weighted by Gasteiger charge is -2.08. The average Bonchev–Trinajstić information content (AvgIpc) is 2.37. The molecular formula is C11H10F2N2O6. The number of hydrogen-bond donors (Lipinski definition) is 3. The van der Waals surface area contributed by atoms with Gasteiger partial charge in [-0.2, -0.15) is 4.39 Å². The van der Waals surface area contributed by atoms with E-state index in [0.29, 0.717) is 6.07 Å². The summed E-state index contributed by atoms with van der Waals surface area (Å²) in [4.78, 5) is 31.3. The second-order valence-electron chi connectivity index (χ2n) is 3.94. The molecule has 1 aromatic rings. The molecule has 1 atom stereocenters. The summed E-state index contributed by atoms with van der Waals surface area (Å²) in [6, 6.07) is 0.646. The molecule has 3 N–H and O–H groups in total. The monoisotopic (exact) mass is 304 g/mol. The van der Waals surface area contributed by atoms with Gasteiger partial charge in [-0.15, -0.1) is 0 Å². The van der Waals surface area contributed by atoms with Crippen molar-refractivity contribution in [2.75, 3.05) is 6.54 Å². The number of amides is 1. The number of aliphatic hydroxyl groups excluding tert-OH is 1. The minimum Gasteiger partial charge on any atom is -0.479 e. The van der Waals surface area contributed by atoms with Crippen molar-refractivity contribution in [2.24, 2.45) is 0 Å². The zero-order valence-corrected chi connectivity index (χ0v) is 10.4. The molecule has 8 nitrogen and oxygen atoms in total. The Labute approximate surface area is 116 Å². The number of benzene rings is 1. The van der Waals surface area contributed by atoms with Gasteiger partial charge in [0.1, 0.15) is 5.82 Å². The number of hydrogen-bond acceptors (Lipinski definition) is 5. The third kappa shape index (κ3) is 4.18. The van der Waals surface area contributed by atoms with Gasteiger partial charge in [0.25, 0.3) is 5.91 Å². The van der Waals surface area contributed by atoms with E-state index in [-0.39, 0.29) is 19.0 Å². The predicted octanol–water partition coefficient (Wildman–Crippen LogP) is 0.438. The number of rotatable bonds is 6. The van der Waals surface area contributed by atoms with Crippen LogP contribution in [0.25, 0.3) is 0 Å². The van der Waals surface area contributed by atoms with Gasteiger partial charge in [0.2, 0.25) is 5.82 Å². The van der Waals surface area contributed by atoms with Crippen molar-refractivity contribution in [3.8, 4) is 0 Å². The molecule has 0 unspecified atom stereocenters. The second-order valence-corrected chi connectivity index (χ2v) is 3.94. The number of nitrogens with one attached hydrogen (secondary N) is 1. The molecule has 21 heavy (non-hydrogen) atoms. The van der Waals surface area contributed by atoms with Crippen molar-refractivity contribution in [2.45, 2.75) is 12.5 Å². The summed E-state index contributed by atoms with van der Waals surface area (Å²) in [6.45, 7) is -0.309. The van der Waals surface area contributed by atoms with Crippen LogP contribution in [0.15, 0.2) is 12.1 Å². The van der Waals surface area contributed by atoms with Crippen molar-refractivity contribution >= 4 is 17.6 Å². The fourth-order valence-electron chi connectivity index (χ4n) is 1.39. The Bertz CT molecular complexity index is 592. The lowest BCUT2D eigenvalue weighted by molar-refractivity contribution is -0.387. The van der Waals surface area contributed by atoms with E-state index in [1.165, 1.54) is 0 Å². The van der Waals surface area contributed by atoms with Crippen LogP contribution in [0.2, 0.25) is 0 Å². The normalized spacial score (nSPS) is 11.8. The number of aliphatic hydroxyl groups is 1. The first-order chi connectivity index (χ1) is 9.73. The largest absolute Gasteiger partial charge is 0.479 e. The van der Waals surface area contributed by atoms with Crippen LogP contribution >= 0.6 is 0 Å². The Morgan fingerprint density at radius 2 is 1.95 bits per heavy atom. The van der Waals surface area contributed by atoms with Crippen molar-refractivity contribution in [3.05, 3.63) is 39.4 Å². The molecule has 10 heteroatoms. The van der Waals surface area contributed by atoms with E-state index in [9.17, 15) is 28.5 Å². The smallest absolute Gasteiger partial charge is 0.332 e. The third-order valence-corrected chi connectivity index (χ3v) is 2.47. The van der Waals surface area contributed by atoms with Gasteiger partial charge in [-0.3, -0.25) is 14.9 Å². The molecule has 0 radical (unpaired) electrons. The van der Waals surface area contributed by atoms with Gasteiger partial charge < -0.3 is 15.5 Å². The average molecular weight is 304 g/mol. The van der Waals surface area contributed by atoms with Gasteiger partial charge >= 0.3 is 11.7 Å². The molecule has 0 saturated carbocycles. The summed E-state index contributed by atoms with van der Waals surface area (Å²) in [5.41, 5.74) is -1.82. The Kier molecular flexibility index (Phi) is 5.24. The molecular weight excluding hydrogens is 294 g/mol. The van der Waals surface area contributed by atoms with E-state index in [1.807, 2.05) is 0 Å². The summed E-state index contributed by atoms with van der Waals surface area (Å²) >= 11 is 0. The predicted molar refractivity (Wildman–Crippen MR) is 63.6 cm³/mol. The van der Waals surface area contributed by atoms with E-state index in [4.69, 9.17) is 10.2 Å². The fraction of sp³-hybridized carbons (Fsp3) is 0.273. The quantitative estimate of drug-likeness (QED) is 0.516. The molecule has 0 aliphatic rings. The molecule has 1 rings (SSSR count). The van der Waals surface area contributed by atoms with Gasteiger partial charge in [-0.1, -0.05) is 0 Å². The number of nitro benzene ring substituents is 1. The van der Waals surface area contributed by atoms with Crippen molar-refractivity contribution in [1.29, 1.82) is 0 Å². The van der Waals surface area contributed by atoms with E-state index in [0.717, 1.165) is 0 Å². The lowest BCUT2D eigenvalue weighted by atomic mass is 10.1. The van der Waals surface area contributed by atoms with Crippen LogP contribution in [0.1, 0.15) is 16.8 Å². The first-order valence-corrected chi connectivity index (χ1v) is 5.56. The van der Waals surface area contributed by atoms with Gasteiger partial charge in [0.05, 0.1) is 10.5 Å². The summed E-state index contributed by atoms with van der Waals surface area (Å²) in [5.74, 6) is -5.30. The number of aliphatic carboxylic acids is 1. The number of nitrogens with zero attached hydrogens (tertiary/aromatic N) is 1. The van der Waals surface area contributed by atoms with Gasteiger partial charge in [-0.05, 0) is 0 Å². The molecule has 0 aromatic heterocycles. The third-order valence-electron chi connectivity index (χ3n) is 2.47. The van der Waals surface area contributed by atoms with Gasteiger partial charge in [0.15, 0.2) is 6.10 Å². The first kappa shape index (κ1) is 16.4. The van der Waals surface area contributed by atoms with Gasteiger partial charge in [-0.25, -0.2) is 9.18 Å². The summed E-state index contributed by atoms with van der Waals surface area (Å²) < 4.78 is 26.5. The number of carboxylic acid groups (broad SMARTS) is 1. The van der Waals surface area contributed by atoms with Crippen LogP contribution < -0.4 is 5.32 Å². The van der Waals surface area contributed by atoms with Crippen molar-refractivity contribution < 1.29 is 33.5 Å². The minimum atomic E-state index is -1.71. The lowest BCUT2D eigenvalue weighted by Crippen LogP contribution is -2.30. The number of halogens is 2. The maximum Gasteiger partial charge on any atom is 0.332 e. The Morgan fingerprint density at radius 3 is 2.48 bits per heavy atom. The Hall–Kier alpha value is -2.62. The molecule has 0 saturated heterocycles. The maximum absolute atomic E-state index is 13.4. The second kappa shape index (κ2) is 6.70. The molecule has 1 amide bonds. The highest BCUT2D eigenvalue weighted by Crippen LogP contribution is 2.21. The maximum atomic E-state index is 13.4. The zero-order chi connectivity index (χ0) is 16.2. The number of carbonyl (C=O) groups excluding carboxylic acids is 1. The van der Waals surface area contributed by atoms with E-state index in [2.05, 4.69) is 5.32 Å². The van der Waals surface area contributed by atoms with Crippen LogP contribution in [0.5, 0.6) is 0 Å². The SMILES string of the molecule is O=C(NCC[C@H](O)C(=O)O)c1cc([N+](=O)[O-])c(F)cc1F. The minimum absolute atomic E-state index is 0.207. The Balaban J connectivity index is 2.81. The zero-order valence-electron chi connectivity index (χ0n) is 10.4. The Morgan fingerprint density at radius 1 is 1.33 bits per heavy atom. The standard InChI is InChI=1S/C11H10F2N2O6/c12-6-4-7(13)8(15(20)21)3-5(6)10(17)14-2-1-9(16)11(18)19/h3-4,9,16H,1-2H2,(H,14,17)(H,18,19)/t9-/m0/s1. The molecule has 1 aromatic carbocycles. The fourth-order valence-corrected chi connectivity index (χ4v) is 1.39. The molecule has 0 heterocycles. The first-order valence-electron chi connectivity index (χ1n) is 5.56. The van der Waals surface area contributed by atoms with Crippen molar-refractivity contribution in [1.82, 2.24) is 5.32 Å². The van der Waals surface area contributed by atoms with Gasteiger partial charge in [0, 0.05) is 25.1 Å². The highest BCUT2D eigenvalue weighted by molar-refractivity contribution is 5.95. The van der Waals surface area contributed by atoms with Crippen molar-refractivity contribution in [3.63, 3.8) is 0 Å². The van der Waals surface area contributed by atoms with Crippen LogP contribution in [0.3, 0.4) is 0 Å². The molecule has 0 aliphatic carbocycles. The van der Waals surface area contributed by atoms with E-state index >= 15 is 0 Å². The van der Waals surface area contributed by atoms with Crippen LogP contribution in [-0.2, 0) is 4.79 Å². The molecule has 0 bridgehead atoms.